The van der Waals surface area contributed by atoms with Crippen molar-refractivity contribution in [2.24, 2.45) is 7.05 Å². The van der Waals surface area contributed by atoms with Crippen molar-refractivity contribution in [1.29, 1.82) is 0 Å². The van der Waals surface area contributed by atoms with Crippen LogP contribution in [0.3, 0.4) is 0 Å². The van der Waals surface area contributed by atoms with Gasteiger partial charge in [0.15, 0.2) is 0 Å². The van der Waals surface area contributed by atoms with Gasteiger partial charge in [0, 0.05) is 24.4 Å². The van der Waals surface area contributed by atoms with Gasteiger partial charge in [-0.2, -0.15) is 0 Å². The molecule has 1 atom stereocenters. The maximum atomic E-state index is 4.94. The highest BCUT2D eigenvalue weighted by atomic mass is 32.1. The summed E-state index contributed by atoms with van der Waals surface area (Å²) in [5.74, 6) is 2.67. The lowest BCUT2D eigenvalue weighted by Gasteiger charge is -2.31. The first kappa shape index (κ1) is 18.1. The van der Waals surface area contributed by atoms with E-state index in [1.165, 1.54) is 55.8 Å². The van der Waals surface area contributed by atoms with Crippen molar-refractivity contribution in [1.82, 2.24) is 29.5 Å². The minimum atomic E-state index is 0.478. The molecule has 0 bridgehead atoms. The van der Waals surface area contributed by atoms with Crippen molar-refractivity contribution in [3.05, 3.63) is 27.2 Å². The van der Waals surface area contributed by atoms with E-state index in [0.29, 0.717) is 5.92 Å². The van der Waals surface area contributed by atoms with Crippen molar-refractivity contribution in [3.63, 3.8) is 0 Å². The second-order valence-electron chi connectivity index (χ2n) is 8.03. The zero-order valence-corrected chi connectivity index (χ0v) is 17.1. The van der Waals surface area contributed by atoms with Crippen LogP contribution in [-0.2, 0) is 33.0 Å². The molecule has 0 radical (unpaired) electrons. The molecule has 3 heterocycles. The Morgan fingerprint density at radius 2 is 2.00 bits per heavy atom. The smallest absolute Gasteiger partial charge is 0.146 e. The van der Waals surface area contributed by atoms with Gasteiger partial charge in [0.2, 0.25) is 0 Å². The summed E-state index contributed by atoms with van der Waals surface area (Å²) in [5, 5.41) is 10.3. The summed E-state index contributed by atoms with van der Waals surface area (Å²) in [6.45, 7) is 4.07. The van der Waals surface area contributed by atoms with Gasteiger partial charge in [-0.25, -0.2) is 4.98 Å². The number of piperidine rings is 1. The van der Waals surface area contributed by atoms with Crippen LogP contribution in [-0.4, -0.2) is 56.7 Å². The predicted molar refractivity (Wildman–Crippen MR) is 104 cm³/mol. The highest BCUT2D eigenvalue weighted by Crippen LogP contribution is 2.30. The van der Waals surface area contributed by atoms with Crippen molar-refractivity contribution in [2.45, 2.75) is 57.5 Å². The van der Waals surface area contributed by atoms with E-state index in [1.54, 1.807) is 4.88 Å². The number of hydrogen-bond donors (Lipinski definition) is 0. The largest absolute Gasteiger partial charge is 0.317 e. The number of aryl methyl sites for hydroxylation is 2. The molecule has 4 rings (SSSR count). The zero-order valence-electron chi connectivity index (χ0n) is 16.2. The Labute approximate surface area is 160 Å². The van der Waals surface area contributed by atoms with Crippen molar-refractivity contribution < 1.29 is 0 Å². The fourth-order valence-corrected chi connectivity index (χ4v) is 5.42. The molecule has 142 valence electrons. The van der Waals surface area contributed by atoms with Crippen LogP contribution in [0.4, 0.5) is 0 Å². The summed E-state index contributed by atoms with van der Waals surface area (Å²) in [5.41, 5.74) is 1.38. The van der Waals surface area contributed by atoms with Gasteiger partial charge in [0.05, 0.1) is 18.8 Å². The first-order valence-corrected chi connectivity index (χ1v) is 10.6. The Bertz CT molecular complexity index is 726. The lowest BCUT2D eigenvalue weighted by atomic mass is 9.97. The van der Waals surface area contributed by atoms with E-state index in [-0.39, 0.29) is 0 Å². The molecule has 1 aliphatic heterocycles. The molecule has 6 nitrogen and oxygen atoms in total. The molecule has 2 aliphatic rings. The maximum Gasteiger partial charge on any atom is 0.146 e. The minimum Gasteiger partial charge on any atom is -0.317 e. The summed E-state index contributed by atoms with van der Waals surface area (Å²) in [7, 11) is 6.26. The third-order valence-electron chi connectivity index (χ3n) is 5.58. The van der Waals surface area contributed by atoms with Gasteiger partial charge in [-0.15, -0.1) is 21.5 Å². The van der Waals surface area contributed by atoms with Crippen LogP contribution >= 0.6 is 11.3 Å². The van der Waals surface area contributed by atoms with Crippen molar-refractivity contribution in [2.75, 3.05) is 27.2 Å². The first-order valence-electron chi connectivity index (χ1n) is 9.83. The SMILES string of the molecule is CN(C)Cc1nnc(C2CCCN(Cc3nc4c(s3)CCCC4)C2)n1C. The number of thiazole rings is 1. The first-order chi connectivity index (χ1) is 12.6. The molecular weight excluding hydrogens is 344 g/mol. The van der Waals surface area contributed by atoms with E-state index >= 15 is 0 Å². The predicted octanol–water partition coefficient (Wildman–Crippen LogP) is 2.59. The molecule has 0 N–H and O–H groups in total. The Hall–Kier alpha value is -1.31. The zero-order chi connectivity index (χ0) is 18.1. The molecule has 1 fully saturated rings. The van der Waals surface area contributed by atoms with Crippen LogP contribution in [0.2, 0.25) is 0 Å². The molecule has 1 aliphatic carbocycles. The van der Waals surface area contributed by atoms with Crippen LogP contribution in [0.25, 0.3) is 0 Å². The standard InChI is InChI=1S/C19H30N6S/c1-23(2)12-17-21-22-19(24(17)3)14-7-6-10-25(11-14)13-18-20-15-8-4-5-9-16(15)26-18/h14H,4-13H2,1-3H3. The van der Waals surface area contributed by atoms with Gasteiger partial charge < -0.3 is 9.47 Å². The van der Waals surface area contributed by atoms with Crippen LogP contribution in [0.15, 0.2) is 0 Å². The van der Waals surface area contributed by atoms with Gasteiger partial charge in [-0.05, 0) is 59.2 Å². The number of hydrogen-bond acceptors (Lipinski definition) is 6. The van der Waals surface area contributed by atoms with E-state index in [9.17, 15) is 0 Å². The summed E-state index contributed by atoms with van der Waals surface area (Å²) >= 11 is 1.95. The van der Waals surface area contributed by atoms with Crippen LogP contribution in [0.5, 0.6) is 0 Å². The van der Waals surface area contributed by atoms with Gasteiger partial charge in [0.1, 0.15) is 16.7 Å². The van der Waals surface area contributed by atoms with Crippen molar-refractivity contribution >= 4 is 11.3 Å². The summed E-state index contributed by atoms with van der Waals surface area (Å²) in [6.07, 6.45) is 7.50. The Balaban J connectivity index is 1.43. The number of likely N-dealkylation sites (tertiary alicyclic amines) is 1. The molecule has 1 unspecified atom stereocenters. The average molecular weight is 375 g/mol. The highest BCUT2D eigenvalue weighted by Gasteiger charge is 2.27. The molecule has 0 amide bonds. The van der Waals surface area contributed by atoms with E-state index in [0.717, 1.165) is 31.3 Å². The Kier molecular flexibility index (Phi) is 5.38. The third-order valence-corrected chi connectivity index (χ3v) is 6.72. The minimum absolute atomic E-state index is 0.478. The van der Waals surface area contributed by atoms with Crippen LogP contribution in [0.1, 0.15) is 58.8 Å². The second-order valence-corrected chi connectivity index (χ2v) is 9.20. The molecule has 0 aromatic carbocycles. The molecular formula is C19H30N6S. The molecule has 7 heteroatoms. The van der Waals surface area contributed by atoms with E-state index in [1.807, 2.05) is 11.3 Å². The van der Waals surface area contributed by atoms with Gasteiger partial charge >= 0.3 is 0 Å². The van der Waals surface area contributed by atoms with Gasteiger partial charge in [-0.3, -0.25) is 4.90 Å². The normalized spacial score (nSPS) is 21.3. The fourth-order valence-electron chi connectivity index (χ4n) is 4.23. The van der Waals surface area contributed by atoms with Crippen molar-refractivity contribution in [3.8, 4) is 0 Å². The number of aromatic nitrogens is 4. The Morgan fingerprint density at radius 1 is 1.15 bits per heavy atom. The van der Waals surface area contributed by atoms with Crippen LogP contribution < -0.4 is 0 Å². The third kappa shape index (κ3) is 3.85. The second kappa shape index (κ2) is 7.74. The average Bonchev–Trinajstić information content (AvgIpc) is 3.18. The van der Waals surface area contributed by atoms with E-state index < -0.39 is 0 Å². The highest BCUT2D eigenvalue weighted by molar-refractivity contribution is 7.11. The van der Waals surface area contributed by atoms with E-state index in [2.05, 4.69) is 45.7 Å². The van der Waals surface area contributed by atoms with Gasteiger partial charge in [-0.1, -0.05) is 0 Å². The summed E-state index contributed by atoms with van der Waals surface area (Å²) in [4.78, 5) is 11.2. The lowest BCUT2D eigenvalue weighted by Crippen LogP contribution is -2.34. The summed E-state index contributed by atoms with van der Waals surface area (Å²) < 4.78 is 2.20. The molecule has 2 aromatic rings. The monoisotopic (exact) mass is 374 g/mol. The summed E-state index contributed by atoms with van der Waals surface area (Å²) in [6, 6.07) is 0. The number of rotatable bonds is 5. The topological polar surface area (TPSA) is 50.1 Å². The quantitative estimate of drug-likeness (QED) is 0.805. The molecule has 2 aromatic heterocycles. The van der Waals surface area contributed by atoms with Gasteiger partial charge in [0.25, 0.3) is 0 Å². The molecule has 1 saturated heterocycles. The molecule has 26 heavy (non-hydrogen) atoms. The molecule has 0 saturated carbocycles. The number of fused-ring (bicyclic) bond motifs is 1. The number of nitrogens with zero attached hydrogens (tertiary/aromatic N) is 6. The lowest BCUT2D eigenvalue weighted by molar-refractivity contribution is 0.194. The maximum absolute atomic E-state index is 4.94. The Morgan fingerprint density at radius 3 is 2.81 bits per heavy atom. The van der Waals surface area contributed by atoms with E-state index in [4.69, 9.17) is 4.98 Å². The fraction of sp³-hybridized carbons (Fsp3) is 0.737. The molecule has 0 spiro atoms. The van der Waals surface area contributed by atoms with Crippen LogP contribution in [0, 0.1) is 0 Å².